The van der Waals surface area contributed by atoms with Gasteiger partial charge < -0.3 is 5.32 Å². The number of hydrogen-bond acceptors (Lipinski definition) is 3. The number of rotatable bonds is 2. The number of halogens is 1. The summed E-state index contributed by atoms with van der Waals surface area (Å²) in [6, 6.07) is 9.55. The maximum absolute atomic E-state index is 12.9. The van der Waals surface area contributed by atoms with Gasteiger partial charge in [-0.25, -0.2) is 4.39 Å². The van der Waals surface area contributed by atoms with E-state index in [4.69, 9.17) is 5.26 Å². The van der Waals surface area contributed by atoms with Crippen molar-refractivity contribution in [3.05, 3.63) is 54.1 Å². The summed E-state index contributed by atoms with van der Waals surface area (Å²) in [4.78, 5) is 3.93. The Morgan fingerprint density at radius 2 is 2.19 bits per heavy atom. The molecule has 4 heteroatoms. The van der Waals surface area contributed by atoms with E-state index in [1.165, 1.54) is 18.2 Å². The van der Waals surface area contributed by atoms with E-state index >= 15 is 0 Å². The van der Waals surface area contributed by atoms with Gasteiger partial charge in [0, 0.05) is 6.20 Å². The van der Waals surface area contributed by atoms with E-state index in [1.807, 2.05) is 12.1 Å². The van der Waals surface area contributed by atoms with Crippen molar-refractivity contribution in [2.45, 2.75) is 0 Å². The summed E-state index contributed by atoms with van der Waals surface area (Å²) in [5.74, 6) is -0.423. The number of hydrogen-bond donors (Lipinski definition) is 1. The fraction of sp³-hybridized carbons (Fsp3) is 0. The van der Waals surface area contributed by atoms with Crippen LogP contribution in [0.4, 0.5) is 15.8 Å². The van der Waals surface area contributed by atoms with Crippen LogP contribution in [0.15, 0.2) is 42.7 Å². The Labute approximate surface area is 92.2 Å². The molecule has 0 aliphatic carbocycles. The molecule has 0 saturated carbocycles. The monoisotopic (exact) mass is 213 g/mol. The highest BCUT2D eigenvalue weighted by Crippen LogP contribution is 2.20. The molecule has 1 heterocycles. The fourth-order valence-electron chi connectivity index (χ4n) is 1.31. The van der Waals surface area contributed by atoms with E-state index in [-0.39, 0.29) is 5.56 Å². The third-order valence-electron chi connectivity index (χ3n) is 2.04. The summed E-state index contributed by atoms with van der Waals surface area (Å²) >= 11 is 0. The molecule has 2 aromatic rings. The third-order valence-corrected chi connectivity index (χ3v) is 2.04. The number of pyridine rings is 1. The molecule has 0 atom stereocenters. The lowest BCUT2D eigenvalue weighted by Crippen LogP contribution is -1.94. The van der Waals surface area contributed by atoms with Crippen molar-refractivity contribution >= 4 is 11.4 Å². The highest BCUT2D eigenvalue weighted by Gasteiger charge is 2.03. The molecule has 1 N–H and O–H groups in total. The molecule has 0 fully saturated rings. The second-order valence-corrected chi connectivity index (χ2v) is 3.17. The summed E-state index contributed by atoms with van der Waals surface area (Å²) in [7, 11) is 0. The largest absolute Gasteiger partial charge is 0.353 e. The topological polar surface area (TPSA) is 48.7 Å². The standard InChI is InChI=1S/C12H8FN3/c13-10-3-4-12(9(6-10)7-14)16-11-2-1-5-15-8-11/h1-6,8,16H. The highest BCUT2D eigenvalue weighted by molar-refractivity contribution is 5.65. The lowest BCUT2D eigenvalue weighted by atomic mass is 10.2. The minimum atomic E-state index is -0.423. The van der Waals surface area contributed by atoms with Crippen molar-refractivity contribution in [3.8, 4) is 6.07 Å². The zero-order valence-electron chi connectivity index (χ0n) is 8.31. The molecule has 0 saturated heterocycles. The molecule has 0 unspecified atom stereocenters. The van der Waals surface area contributed by atoms with Crippen molar-refractivity contribution in [1.29, 1.82) is 5.26 Å². The van der Waals surface area contributed by atoms with E-state index in [9.17, 15) is 4.39 Å². The van der Waals surface area contributed by atoms with Crippen molar-refractivity contribution < 1.29 is 4.39 Å². The second-order valence-electron chi connectivity index (χ2n) is 3.17. The van der Waals surface area contributed by atoms with Crippen LogP contribution >= 0.6 is 0 Å². The van der Waals surface area contributed by atoms with Crippen molar-refractivity contribution in [1.82, 2.24) is 4.98 Å². The van der Waals surface area contributed by atoms with Gasteiger partial charge in [0.2, 0.25) is 0 Å². The summed E-state index contributed by atoms with van der Waals surface area (Å²) in [6.45, 7) is 0. The van der Waals surface area contributed by atoms with Crippen LogP contribution in [0, 0.1) is 17.1 Å². The average molecular weight is 213 g/mol. The summed E-state index contributed by atoms with van der Waals surface area (Å²) in [5.41, 5.74) is 1.59. The van der Waals surface area contributed by atoms with Gasteiger partial charge in [-0.2, -0.15) is 5.26 Å². The van der Waals surface area contributed by atoms with Gasteiger partial charge in [-0.05, 0) is 30.3 Å². The van der Waals surface area contributed by atoms with Crippen molar-refractivity contribution in [3.63, 3.8) is 0 Å². The number of aromatic nitrogens is 1. The van der Waals surface area contributed by atoms with Crippen LogP contribution in [-0.4, -0.2) is 4.98 Å². The number of anilines is 2. The highest BCUT2D eigenvalue weighted by atomic mass is 19.1. The van der Waals surface area contributed by atoms with E-state index in [0.717, 1.165) is 5.69 Å². The lowest BCUT2D eigenvalue weighted by Gasteiger charge is -2.07. The van der Waals surface area contributed by atoms with E-state index < -0.39 is 5.82 Å². The maximum atomic E-state index is 12.9. The first-order chi connectivity index (χ1) is 7.79. The van der Waals surface area contributed by atoms with E-state index in [2.05, 4.69) is 10.3 Å². The molecule has 0 aliphatic rings. The Hall–Kier alpha value is -2.41. The summed E-state index contributed by atoms with van der Waals surface area (Å²) in [6.07, 6.45) is 3.28. The number of nitrogens with zero attached hydrogens (tertiary/aromatic N) is 2. The normalized spacial score (nSPS) is 9.50. The fourth-order valence-corrected chi connectivity index (χ4v) is 1.31. The smallest absolute Gasteiger partial charge is 0.124 e. The van der Waals surface area contributed by atoms with Crippen LogP contribution in [-0.2, 0) is 0 Å². The van der Waals surface area contributed by atoms with Gasteiger partial charge in [0.1, 0.15) is 11.9 Å². The van der Waals surface area contributed by atoms with Gasteiger partial charge in [0.15, 0.2) is 0 Å². The molecule has 1 aromatic carbocycles. The molecular weight excluding hydrogens is 205 g/mol. The minimum Gasteiger partial charge on any atom is -0.353 e. The molecule has 0 spiro atoms. The van der Waals surface area contributed by atoms with Gasteiger partial charge in [-0.3, -0.25) is 4.98 Å². The molecule has 78 valence electrons. The SMILES string of the molecule is N#Cc1cc(F)ccc1Nc1cccnc1. The molecule has 0 radical (unpaired) electrons. The zero-order chi connectivity index (χ0) is 11.4. The first-order valence-corrected chi connectivity index (χ1v) is 4.66. The van der Waals surface area contributed by atoms with Crippen LogP contribution in [0.1, 0.15) is 5.56 Å². The molecule has 16 heavy (non-hydrogen) atoms. The van der Waals surface area contributed by atoms with Gasteiger partial charge in [0.25, 0.3) is 0 Å². The molecule has 1 aromatic heterocycles. The van der Waals surface area contributed by atoms with Crippen molar-refractivity contribution in [2.75, 3.05) is 5.32 Å². The molecular formula is C12H8FN3. The van der Waals surface area contributed by atoms with Gasteiger partial charge in [-0.15, -0.1) is 0 Å². The average Bonchev–Trinajstić information content (AvgIpc) is 2.33. The maximum Gasteiger partial charge on any atom is 0.124 e. The third kappa shape index (κ3) is 2.15. The Morgan fingerprint density at radius 1 is 1.31 bits per heavy atom. The molecule has 2 rings (SSSR count). The van der Waals surface area contributed by atoms with Crippen LogP contribution in [0.2, 0.25) is 0 Å². The predicted molar refractivity (Wildman–Crippen MR) is 58.6 cm³/mol. The molecule has 0 bridgehead atoms. The Kier molecular flexibility index (Phi) is 2.79. The Balaban J connectivity index is 2.32. The van der Waals surface area contributed by atoms with Crippen LogP contribution in [0.5, 0.6) is 0 Å². The molecule has 3 nitrogen and oxygen atoms in total. The van der Waals surface area contributed by atoms with Crippen LogP contribution in [0.25, 0.3) is 0 Å². The number of nitriles is 1. The first-order valence-electron chi connectivity index (χ1n) is 4.66. The predicted octanol–water partition coefficient (Wildman–Crippen LogP) is 2.84. The van der Waals surface area contributed by atoms with Crippen LogP contribution in [0.3, 0.4) is 0 Å². The molecule has 0 amide bonds. The summed E-state index contributed by atoms with van der Waals surface area (Å²) < 4.78 is 12.9. The van der Waals surface area contributed by atoms with E-state index in [1.54, 1.807) is 18.5 Å². The zero-order valence-corrected chi connectivity index (χ0v) is 8.31. The van der Waals surface area contributed by atoms with Gasteiger partial charge in [0.05, 0.1) is 23.1 Å². The van der Waals surface area contributed by atoms with Gasteiger partial charge >= 0.3 is 0 Å². The Morgan fingerprint density at radius 3 is 2.88 bits per heavy atom. The quantitative estimate of drug-likeness (QED) is 0.834. The lowest BCUT2D eigenvalue weighted by molar-refractivity contribution is 0.627. The first kappa shape index (κ1) is 10.1. The molecule has 0 aliphatic heterocycles. The second kappa shape index (κ2) is 4.41. The summed E-state index contributed by atoms with van der Waals surface area (Å²) in [5, 5.41) is 11.8. The number of benzene rings is 1. The number of nitrogens with one attached hydrogen (secondary N) is 1. The minimum absolute atomic E-state index is 0.267. The van der Waals surface area contributed by atoms with Gasteiger partial charge in [-0.1, -0.05) is 0 Å². The van der Waals surface area contributed by atoms with Crippen molar-refractivity contribution in [2.24, 2.45) is 0 Å². The van der Waals surface area contributed by atoms with E-state index in [0.29, 0.717) is 5.69 Å². The Bertz CT molecular complexity index is 532. The van der Waals surface area contributed by atoms with Crippen LogP contribution < -0.4 is 5.32 Å².